The molecule has 2 aliphatic heterocycles. The third-order valence-electron chi connectivity index (χ3n) is 6.26. The molecule has 16 heteroatoms. The van der Waals surface area contributed by atoms with Crippen molar-refractivity contribution in [3.8, 4) is 0 Å². The number of likely N-dealkylation sites (tertiary alicyclic amines) is 2. The Kier molecular flexibility index (Phi) is 13.1. The van der Waals surface area contributed by atoms with E-state index in [1.165, 1.54) is 4.88 Å². The fourth-order valence-corrected chi connectivity index (χ4v) is 5.20. The van der Waals surface area contributed by atoms with Gasteiger partial charge in [-0.1, -0.05) is 6.07 Å². The van der Waals surface area contributed by atoms with E-state index in [2.05, 4.69) is 27.3 Å². The maximum atomic E-state index is 12.3. The summed E-state index contributed by atoms with van der Waals surface area (Å²) in [6.45, 7) is 6.40. The van der Waals surface area contributed by atoms with E-state index >= 15 is 0 Å². The minimum Gasteiger partial charge on any atom is -0.475 e. The van der Waals surface area contributed by atoms with Gasteiger partial charge in [0.1, 0.15) is 0 Å². The zero-order valence-electron chi connectivity index (χ0n) is 21.7. The van der Waals surface area contributed by atoms with Crippen molar-refractivity contribution >= 4 is 29.2 Å². The molecule has 224 valence electrons. The molecule has 1 spiro atoms. The molecule has 2 N–H and O–H groups in total. The Morgan fingerprint density at radius 3 is 1.97 bits per heavy atom. The van der Waals surface area contributed by atoms with Crippen molar-refractivity contribution < 1.29 is 55.7 Å². The number of piperidine rings is 1. The highest BCUT2D eigenvalue weighted by Gasteiger charge is 2.48. The van der Waals surface area contributed by atoms with Crippen LogP contribution in [0.1, 0.15) is 17.7 Å². The quantitative estimate of drug-likeness (QED) is 0.484. The Balaban J connectivity index is 0.000000449. The first-order chi connectivity index (χ1) is 17.9. The third-order valence-corrected chi connectivity index (χ3v) is 7.12. The van der Waals surface area contributed by atoms with Crippen LogP contribution in [-0.2, 0) is 25.7 Å². The molecule has 39 heavy (non-hydrogen) atoms. The van der Waals surface area contributed by atoms with Crippen molar-refractivity contribution in [3.63, 3.8) is 0 Å². The van der Waals surface area contributed by atoms with Crippen molar-refractivity contribution in [1.82, 2.24) is 14.7 Å². The topological polar surface area (TPSA) is 111 Å². The summed E-state index contributed by atoms with van der Waals surface area (Å²) in [4.78, 5) is 38.2. The normalized spacial score (nSPS) is 19.2. The first-order valence-electron chi connectivity index (χ1n) is 11.7. The average Bonchev–Trinajstić information content (AvgIpc) is 3.42. The van der Waals surface area contributed by atoms with Crippen LogP contribution in [0, 0.1) is 11.3 Å². The van der Waals surface area contributed by atoms with E-state index in [1.54, 1.807) is 0 Å². The number of alkyl halides is 6. The van der Waals surface area contributed by atoms with Crippen molar-refractivity contribution in [3.05, 3.63) is 22.4 Å². The van der Waals surface area contributed by atoms with Crippen LogP contribution < -0.4 is 0 Å². The highest BCUT2D eigenvalue weighted by molar-refractivity contribution is 7.09. The van der Waals surface area contributed by atoms with E-state index in [9.17, 15) is 31.1 Å². The van der Waals surface area contributed by atoms with E-state index in [0.29, 0.717) is 17.9 Å². The Bertz CT molecular complexity index is 894. The number of aliphatic carboxylic acids is 2. The van der Waals surface area contributed by atoms with Gasteiger partial charge >= 0.3 is 24.3 Å². The van der Waals surface area contributed by atoms with Crippen LogP contribution >= 0.6 is 11.3 Å². The second kappa shape index (κ2) is 14.8. The Morgan fingerprint density at radius 2 is 1.59 bits per heavy atom. The predicted molar refractivity (Wildman–Crippen MR) is 129 cm³/mol. The van der Waals surface area contributed by atoms with Gasteiger partial charge in [0.2, 0.25) is 5.91 Å². The van der Waals surface area contributed by atoms with Crippen LogP contribution in [0.4, 0.5) is 26.3 Å². The summed E-state index contributed by atoms with van der Waals surface area (Å²) in [7, 11) is 5.72. The fourth-order valence-electron chi connectivity index (χ4n) is 4.46. The number of carbonyl (C=O) groups is 3. The van der Waals surface area contributed by atoms with Gasteiger partial charge in [-0.3, -0.25) is 9.69 Å². The van der Waals surface area contributed by atoms with E-state index in [1.807, 2.05) is 37.4 Å². The van der Waals surface area contributed by atoms with Crippen molar-refractivity contribution in [1.29, 1.82) is 0 Å². The minimum atomic E-state index is -5.08. The molecule has 1 unspecified atom stereocenters. The van der Waals surface area contributed by atoms with E-state index in [4.69, 9.17) is 24.5 Å². The molecular weight excluding hydrogens is 560 g/mol. The highest BCUT2D eigenvalue weighted by atomic mass is 32.1. The summed E-state index contributed by atoms with van der Waals surface area (Å²) < 4.78 is 69.0. The first kappa shape index (κ1) is 34.6. The molecule has 3 rings (SSSR count). The number of thiophene rings is 1. The highest BCUT2D eigenvalue weighted by Crippen LogP contribution is 2.45. The van der Waals surface area contributed by atoms with E-state index < -0.39 is 24.3 Å². The number of ether oxygens (including phenoxy) is 1. The van der Waals surface area contributed by atoms with Gasteiger partial charge in [0.05, 0.1) is 13.2 Å². The summed E-state index contributed by atoms with van der Waals surface area (Å²) in [5.74, 6) is -4.68. The van der Waals surface area contributed by atoms with Crippen molar-refractivity contribution in [2.75, 3.05) is 60.5 Å². The van der Waals surface area contributed by atoms with E-state index in [0.717, 1.165) is 52.2 Å². The summed E-state index contributed by atoms with van der Waals surface area (Å²) in [5, 5.41) is 16.4. The van der Waals surface area contributed by atoms with Gasteiger partial charge in [-0.15, -0.1) is 11.3 Å². The Labute approximate surface area is 225 Å². The Hall–Kier alpha value is -2.43. The van der Waals surface area contributed by atoms with Crippen LogP contribution in [0.25, 0.3) is 0 Å². The zero-order valence-corrected chi connectivity index (χ0v) is 22.5. The summed E-state index contributed by atoms with van der Waals surface area (Å²) in [6, 6.07) is 4.36. The molecule has 9 nitrogen and oxygen atoms in total. The molecule has 1 aromatic heterocycles. The molecule has 0 aliphatic carbocycles. The second-order valence-corrected chi connectivity index (χ2v) is 10.5. The van der Waals surface area contributed by atoms with Gasteiger partial charge in [-0.05, 0) is 43.8 Å². The number of hydrogen-bond acceptors (Lipinski definition) is 7. The Morgan fingerprint density at radius 1 is 1.08 bits per heavy atom. The third kappa shape index (κ3) is 11.7. The van der Waals surface area contributed by atoms with Gasteiger partial charge in [0.25, 0.3) is 0 Å². The molecule has 1 amide bonds. The molecule has 1 atom stereocenters. The fraction of sp³-hybridized carbons (Fsp3) is 0.696. The van der Waals surface area contributed by atoms with Gasteiger partial charge in [-0.2, -0.15) is 26.3 Å². The molecule has 3 heterocycles. The van der Waals surface area contributed by atoms with Crippen LogP contribution in [-0.4, -0.2) is 116 Å². The van der Waals surface area contributed by atoms with Gasteiger partial charge in [0.15, 0.2) is 0 Å². The molecule has 0 bridgehead atoms. The summed E-state index contributed by atoms with van der Waals surface area (Å²) >= 11 is 1.84. The van der Waals surface area contributed by atoms with Crippen LogP contribution in [0.3, 0.4) is 0 Å². The molecular formula is C23H33F6N3O6S. The number of carbonyl (C=O) groups excluding carboxylic acids is 1. The smallest absolute Gasteiger partial charge is 0.475 e. The molecule has 0 saturated carbocycles. The van der Waals surface area contributed by atoms with Crippen LogP contribution in [0.15, 0.2) is 17.5 Å². The molecule has 0 radical (unpaired) electrons. The lowest BCUT2D eigenvalue weighted by Gasteiger charge is -2.43. The molecule has 2 fully saturated rings. The standard InChI is InChI=1S/C19H31N3O2S.2C2HF3O2/c1-20(2)13-18(23)22-8-6-19(7-9-22)15-21(11-16(19)14-24-3)12-17-5-4-10-25-17;2*3-2(4,5)1(6)7/h4-5,10,16H,6-9,11-15H2,1-3H3;2*(H,6,7). The number of nitrogens with zero attached hydrogens (tertiary/aromatic N) is 3. The number of halogens is 6. The SMILES string of the molecule is COCC1CN(Cc2cccs2)CC12CCN(C(=O)CN(C)C)CC2.O=C(O)C(F)(F)F.O=C(O)C(F)(F)F. The van der Waals surface area contributed by atoms with Crippen LogP contribution in [0.5, 0.6) is 0 Å². The molecule has 2 saturated heterocycles. The maximum absolute atomic E-state index is 12.3. The number of likely N-dealkylation sites (N-methyl/N-ethyl adjacent to an activating group) is 1. The van der Waals surface area contributed by atoms with E-state index in [-0.39, 0.29) is 5.91 Å². The minimum absolute atomic E-state index is 0.261. The van der Waals surface area contributed by atoms with Gasteiger partial charge < -0.3 is 24.7 Å². The number of carboxylic acids is 2. The lowest BCUT2D eigenvalue weighted by molar-refractivity contribution is -0.193. The van der Waals surface area contributed by atoms with Crippen molar-refractivity contribution in [2.24, 2.45) is 11.3 Å². The predicted octanol–water partition coefficient (Wildman–Crippen LogP) is 3.26. The number of carboxylic acid groups (broad SMARTS) is 2. The number of hydrogen-bond donors (Lipinski definition) is 2. The first-order valence-corrected chi connectivity index (χ1v) is 12.6. The number of methoxy groups -OCH3 is 1. The largest absolute Gasteiger partial charge is 0.490 e. The summed E-state index contributed by atoms with van der Waals surface area (Å²) in [5.41, 5.74) is 0.308. The lowest BCUT2D eigenvalue weighted by atomic mass is 9.71. The number of rotatable bonds is 6. The maximum Gasteiger partial charge on any atom is 0.490 e. The second-order valence-electron chi connectivity index (χ2n) is 9.49. The number of amides is 1. The van der Waals surface area contributed by atoms with Crippen molar-refractivity contribution in [2.45, 2.75) is 31.7 Å². The lowest BCUT2D eigenvalue weighted by Crippen LogP contribution is -2.49. The van der Waals surface area contributed by atoms with Crippen LogP contribution in [0.2, 0.25) is 0 Å². The van der Waals surface area contributed by atoms with Gasteiger partial charge in [-0.25, -0.2) is 9.59 Å². The zero-order chi connectivity index (χ0) is 30.0. The van der Waals surface area contributed by atoms with Gasteiger partial charge in [0, 0.05) is 50.6 Å². The summed E-state index contributed by atoms with van der Waals surface area (Å²) in [6.07, 6.45) is -7.97. The average molecular weight is 594 g/mol. The molecule has 0 aromatic carbocycles. The monoisotopic (exact) mass is 593 g/mol. The molecule has 2 aliphatic rings. The molecule has 1 aromatic rings.